The van der Waals surface area contributed by atoms with Crippen LogP contribution < -0.4 is 5.32 Å². The molecule has 0 bridgehead atoms. The smallest absolute Gasteiger partial charge is 0.340 e. The Balaban J connectivity index is 2.20. The van der Waals surface area contributed by atoms with Crippen LogP contribution in [0.5, 0.6) is 0 Å². The van der Waals surface area contributed by atoms with Gasteiger partial charge in [0, 0.05) is 11.3 Å². The molecular formula is C20H22Cl2N2O7. The van der Waals surface area contributed by atoms with Crippen LogP contribution >= 0.6 is 23.2 Å². The highest BCUT2D eigenvalue weighted by Crippen LogP contribution is 2.39. The molecule has 0 saturated carbocycles. The number of carboxylic acid groups (broad SMARTS) is 1. The SMILES string of the molecule is CCC(OCCOCCO[N+](=O)[O-])(C(=O)O)c1ccccc1Nc1c(Cl)cccc1Cl. The molecule has 11 heteroatoms. The number of nitrogens with one attached hydrogen (secondary N) is 1. The third-order valence-corrected chi connectivity index (χ3v) is 5.06. The lowest BCUT2D eigenvalue weighted by atomic mass is 9.89. The van der Waals surface area contributed by atoms with Crippen molar-refractivity contribution in [1.82, 2.24) is 0 Å². The zero-order valence-corrected chi connectivity index (χ0v) is 18.2. The first kappa shape index (κ1) is 24.7. The number of hydrogen-bond donors (Lipinski definition) is 2. The molecule has 31 heavy (non-hydrogen) atoms. The maximum Gasteiger partial charge on any atom is 0.340 e. The van der Waals surface area contributed by atoms with Crippen LogP contribution in [0.4, 0.5) is 11.4 Å². The summed E-state index contributed by atoms with van der Waals surface area (Å²) >= 11 is 12.5. The highest BCUT2D eigenvalue weighted by atomic mass is 35.5. The van der Waals surface area contributed by atoms with Gasteiger partial charge in [0.05, 0.1) is 35.6 Å². The van der Waals surface area contributed by atoms with Crippen LogP contribution in [-0.4, -0.2) is 42.6 Å². The number of ether oxygens (including phenoxy) is 2. The number of carboxylic acids is 1. The zero-order valence-electron chi connectivity index (χ0n) is 16.7. The molecule has 0 heterocycles. The fourth-order valence-corrected chi connectivity index (χ4v) is 3.43. The van der Waals surface area contributed by atoms with Gasteiger partial charge in [0.25, 0.3) is 5.09 Å². The Morgan fingerprint density at radius 1 is 1.10 bits per heavy atom. The van der Waals surface area contributed by atoms with Gasteiger partial charge in [-0.05, 0) is 24.6 Å². The summed E-state index contributed by atoms with van der Waals surface area (Å²) in [5, 5.41) is 23.1. The van der Waals surface area contributed by atoms with Gasteiger partial charge in [-0.1, -0.05) is 54.4 Å². The normalized spacial score (nSPS) is 12.7. The second-order valence-electron chi connectivity index (χ2n) is 6.27. The van der Waals surface area contributed by atoms with Crippen LogP contribution in [0.1, 0.15) is 18.9 Å². The summed E-state index contributed by atoms with van der Waals surface area (Å²) < 4.78 is 11.0. The van der Waals surface area contributed by atoms with Crippen molar-refractivity contribution >= 4 is 40.5 Å². The van der Waals surface area contributed by atoms with Gasteiger partial charge in [0.2, 0.25) is 0 Å². The van der Waals surface area contributed by atoms with Crippen molar-refractivity contribution in [3.63, 3.8) is 0 Å². The van der Waals surface area contributed by atoms with E-state index in [4.69, 9.17) is 32.7 Å². The minimum absolute atomic E-state index is 0.0281. The van der Waals surface area contributed by atoms with E-state index in [2.05, 4.69) is 10.2 Å². The van der Waals surface area contributed by atoms with Crippen LogP contribution in [0.15, 0.2) is 42.5 Å². The average Bonchev–Trinajstić information content (AvgIpc) is 2.73. The fourth-order valence-electron chi connectivity index (χ4n) is 2.94. The summed E-state index contributed by atoms with van der Waals surface area (Å²) in [6, 6.07) is 11.8. The van der Waals surface area contributed by atoms with E-state index in [0.717, 1.165) is 0 Å². The van der Waals surface area contributed by atoms with E-state index >= 15 is 0 Å². The number of rotatable bonds is 13. The lowest BCUT2D eigenvalue weighted by Crippen LogP contribution is -2.39. The van der Waals surface area contributed by atoms with Gasteiger partial charge in [0.15, 0.2) is 5.60 Å². The molecule has 1 atom stereocenters. The number of halogens is 2. The van der Waals surface area contributed by atoms with E-state index in [1.54, 1.807) is 49.4 Å². The molecule has 1 unspecified atom stereocenters. The third-order valence-electron chi connectivity index (χ3n) is 4.43. The molecule has 2 rings (SSSR count). The Kier molecular flexibility index (Phi) is 9.32. The molecule has 0 radical (unpaired) electrons. The fraction of sp³-hybridized carbons (Fsp3) is 0.350. The van der Waals surface area contributed by atoms with Gasteiger partial charge in [0.1, 0.15) is 6.61 Å². The Morgan fingerprint density at radius 2 is 1.74 bits per heavy atom. The highest BCUT2D eigenvalue weighted by Gasteiger charge is 2.41. The van der Waals surface area contributed by atoms with Crippen molar-refractivity contribution < 1.29 is 29.3 Å². The molecule has 2 aromatic rings. The number of carbonyl (C=O) groups is 1. The van der Waals surface area contributed by atoms with Gasteiger partial charge in [-0.3, -0.25) is 0 Å². The van der Waals surface area contributed by atoms with Crippen molar-refractivity contribution in [3.8, 4) is 0 Å². The molecule has 9 nitrogen and oxygen atoms in total. The van der Waals surface area contributed by atoms with E-state index in [1.165, 1.54) is 0 Å². The standard InChI is InChI=1S/C20H22Cl2N2O7/c1-2-20(19(25)26,30-12-10-29-11-13-31-24(27)28)14-6-3-4-9-17(14)23-18-15(21)7-5-8-16(18)22/h3-9,23H,2,10-13H2,1H3,(H,25,26). The molecule has 2 N–H and O–H groups in total. The monoisotopic (exact) mass is 472 g/mol. The molecule has 0 aliphatic heterocycles. The first-order valence-electron chi connectivity index (χ1n) is 9.34. The molecule has 168 valence electrons. The molecule has 0 saturated heterocycles. The number of anilines is 2. The second kappa shape index (κ2) is 11.7. The van der Waals surface area contributed by atoms with E-state index in [0.29, 0.717) is 27.0 Å². The van der Waals surface area contributed by atoms with Crippen molar-refractivity contribution in [2.45, 2.75) is 18.9 Å². The number of benzene rings is 2. The number of hydrogen-bond acceptors (Lipinski definition) is 7. The van der Waals surface area contributed by atoms with Gasteiger partial charge in [-0.25, -0.2) is 4.79 Å². The van der Waals surface area contributed by atoms with Crippen molar-refractivity contribution in [1.29, 1.82) is 0 Å². The summed E-state index contributed by atoms with van der Waals surface area (Å²) in [5.41, 5.74) is -0.361. The Morgan fingerprint density at radius 3 is 2.35 bits per heavy atom. The zero-order chi connectivity index (χ0) is 22.9. The summed E-state index contributed by atoms with van der Waals surface area (Å²) in [6.07, 6.45) is 0.127. The highest BCUT2D eigenvalue weighted by molar-refractivity contribution is 6.39. The van der Waals surface area contributed by atoms with Gasteiger partial charge >= 0.3 is 5.97 Å². The lowest BCUT2D eigenvalue weighted by molar-refractivity contribution is -0.758. The number of aliphatic carboxylic acids is 1. The number of para-hydroxylation sites is 2. The predicted octanol–water partition coefficient (Wildman–Crippen LogP) is 4.67. The van der Waals surface area contributed by atoms with Crippen LogP contribution in [0.25, 0.3) is 0 Å². The topological polar surface area (TPSA) is 120 Å². The van der Waals surface area contributed by atoms with Gasteiger partial charge in [-0.2, -0.15) is 0 Å². The van der Waals surface area contributed by atoms with Crippen molar-refractivity contribution in [3.05, 3.63) is 68.2 Å². The molecule has 0 aliphatic rings. The maximum atomic E-state index is 12.3. The molecular weight excluding hydrogens is 451 g/mol. The molecule has 0 aliphatic carbocycles. The van der Waals surface area contributed by atoms with Gasteiger partial charge < -0.3 is 24.7 Å². The van der Waals surface area contributed by atoms with Crippen LogP contribution in [-0.2, 0) is 24.7 Å². The first-order chi connectivity index (χ1) is 14.8. The van der Waals surface area contributed by atoms with E-state index in [1.807, 2.05) is 0 Å². The summed E-state index contributed by atoms with van der Waals surface area (Å²) in [5.74, 6) is -1.17. The third kappa shape index (κ3) is 6.44. The van der Waals surface area contributed by atoms with Crippen molar-refractivity contribution in [2.75, 3.05) is 31.7 Å². The molecule has 0 aromatic heterocycles. The maximum absolute atomic E-state index is 12.3. The van der Waals surface area contributed by atoms with E-state index in [9.17, 15) is 20.0 Å². The van der Waals surface area contributed by atoms with E-state index in [-0.39, 0.29) is 32.8 Å². The van der Waals surface area contributed by atoms with Gasteiger partial charge in [-0.15, -0.1) is 10.1 Å². The molecule has 0 amide bonds. The molecule has 0 spiro atoms. The summed E-state index contributed by atoms with van der Waals surface area (Å²) in [4.78, 5) is 26.5. The van der Waals surface area contributed by atoms with Crippen LogP contribution in [0.3, 0.4) is 0 Å². The lowest BCUT2D eigenvalue weighted by Gasteiger charge is -2.31. The number of nitrogens with zero attached hydrogens (tertiary/aromatic N) is 1. The minimum Gasteiger partial charge on any atom is -0.479 e. The minimum atomic E-state index is -1.67. The van der Waals surface area contributed by atoms with Crippen LogP contribution in [0.2, 0.25) is 10.0 Å². The first-order valence-corrected chi connectivity index (χ1v) is 10.1. The Bertz CT molecular complexity index is 893. The van der Waals surface area contributed by atoms with E-state index < -0.39 is 16.7 Å². The Labute approximate surface area is 188 Å². The second-order valence-corrected chi connectivity index (χ2v) is 7.09. The average molecular weight is 473 g/mol. The predicted molar refractivity (Wildman–Crippen MR) is 116 cm³/mol. The van der Waals surface area contributed by atoms with Crippen molar-refractivity contribution in [2.24, 2.45) is 0 Å². The Hall–Kier alpha value is -2.59. The summed E-state index contributed by atoms with van der Waals surface area (Å²) in [6.45, 7) is 1.41. The quantitative estimate of drug-likeness (QED) is 0.245. The molecule has 0 fully saturated rings. The summed E-state index contributed by atoms with van der Waals surface area (Å²) in [7, 11) is 0. The van der Waals surface area contributed by atoms with Crippen LogP contribution in [0, 0.1) is 10.1 Å². The molecule has 2 aromatic carbocycles. The largest absolute Gasteiger partial charge is 0.479 e.